The third-order valence-corrected chi connectivity index (χ3v) is 5.52. The zero-order chi connectivity index (χ0) is 19.8. The highest BCUT2D eigenvalue weighted by Crippen LogP contribution is 2.26. The van der Waals surface area contributed by atoms with E-state index < -0.39 is 0 Å². The van der Waals surface area contributed by atoms with Crippen LogP contribution in [0.4, 0.5) is 11.8 Å². The summed E-state index contributed by atoms with van der Waals surface area (Å²) in [4.78, 5) is 24.1. The van der Waals surface area contributed by atoms with E-state index in [0.717, 1.165) is 40.3 Å². The van der Waals surface area contributed by atoms with Gasteiger partial charge >= 0.3 is 0 Å². The number of anilines is 2. The summed E-state index contributed by atoms with van der Waals surface area (Å²) in [6.07, 6.45) is 1.80. The van der Waals surface area contributed by atoms with Crippen molar-refractivity contribution in [3.63, 3.8) is 0 Å². The quantitative estimate of drug-likeness (QED) is 0.447. The first-order valence-corrected chi connectivity index (χ1v) is 10.3. The Morgan fingerprint density at radius 1 is 1.17 bits per heavy atom. The van der Waals surface area contributed by atoms with Crippen LogP contribution < -0.4 is 10.2 Å². The fraction of sp³-hybridized carbons (Fsp3) is 0.200. The van der Waals surface area contributed by atoms with E-state index in [2.05, 4.69) is 38.6 Å². The van der Waals surface area contributed by atoms with Crippen LogP contribution in [0.5, 0.6) is 0 Å². The predicted octanol–water partition coefficient (Wildman–Crippen LogP) is 3.82. The Hall–Kier alpha value is -3.46. The van der Waals surface area contributed by atoms with Gasteiger partial charge in [0.1, 0.15) is 12.2 Å². The van der Waals surface area contributed by atoms with Crippen molar-refractivity contribution in [2.75, 3.05) is 23.8 Å². The number of hydrogen-bond donors (Lipinski definition) is 2. The molecule has 0 aliphatic rings. The van der Waals surface area contributed by atoms with Crippen LogP contribution in [0.2, 0.25) is 0 Å². The molecule has 4 aromatic heterocycles. The van der Waals surface area contributed by atoms with E-state index >= 15 is 0 Å². The highest BCUT2D eigenvalue weighted by atomic mass is 32.1. The van der Waals surface area contributed by atoms with Crippen LogP contribution >= 0.6 is 11.3 Å². The molecule has 0 aliphatic heterocycles. The van der Waals surface area contributed by atoms with Crippen LogP contribution in [-0.4, -0.2) is 43.1 Å². The Bertz CT molecular complexity index is 1240. The van der Waals surface area contributed by atoms with Gasteiger partial charge in [0.05, 0.1) is 23.3 Å². The molecule has 0 spiro atoms. The minimum Gasteiger partial charge on any atom is -0.361 e. The smallest absolute Gasteiger partial charge is 0.229 e. The number of imidazole rings is 2. The van der Waals surface area contributed by atoms with Gasteiger partial charge in [-0.3, -0.25) is 4.57 Å². The van der Waals surface area contributed by atoms with Crippen LogP contribution in [0.3, 0.4) is 0 Å². The van der Waals surface area contributed by atoms with Gasteiger partial charge in [0.25, 0.3) is 0 Å². The van der Waals surface area contributed by atoms with Crippen molar-refractivity contribution in [1.82, 2.24) is 29.5 Å². The first kappa shape index (κ1) is 17.6. The largest absolute Gasteiger partial charge is 0.361 e. The standard InChI is InChI=1S/C20H20N8S/c1-3-27(2)20-25-18(21-10-16-23-14-6-4-5-7-15(14)24-16)17-19(26-20)28(12-22-17)13-8-9-29-11-13/h4-9,11-12H,3,10H2,1-2H3,(H,23,24)(H,21,25,26). The van der Waals surface area contributed by atoms with Crippen molar-refractivity contribution in [3.05, 3.63) is 53.2 Å². The molecule has 0 radical (unpaired) electrons. The molecular formula is C20H20N8S. The van der Waals surface area contributed by atoms with Crippen LogP contribution in [0.25, 0.3) is 27.9 Å². The third-order valence-electron chi connectivity index (χ3n) is 4.85. The molecule has 146 valence electrons. The zero-order valence-corrected chi connectivity index (χ0v) is 16.9. The summed E-state index contributed by atoms with van der Waals surface area (Å²) in [6, 6.07) is 10.0. The molecule has 0 amide bonds. The summed E-state index contributed by atoms with van der Waals surface area (Å²) >= 11 is 1.64. The molecular weight excluding hydrogens is 384 g/mol. The van der Waals surface area contributed by atoms with Gasteiger partial charge in [-0.2, -0.15) is 21.3 Å². The molecule has 29 heavy (non-hydrogen) atoms. The zero-order valence-electron chi connectivity index (χ0n) is 16.1. The maximum atomic E-state index is 4.77. The van der Waals surface area contributed by atoms with E-state index in [1.807, 2.05) is 46.2 Å². The molecule has 8 nitrogen and oxygen atoms in total. The van der Waals surface area contributed by atoms with E-state index in [4.69, 9.17) is 9.97 Å². The minimum atomic E-state index is 0.515. The molecule has 0 bridgehead atoms. The second-order valence-electron chi connectivity index (χ2n) is 6.71. The molecule has 0 unspecified atom stereocenters. The lowest BCUT2D eigenvalue weighted by atomic mass is 10.3. The fourth-order valence-electron chi connectivity index (χ4n) is 3.16. The molecule has 9 heteroatoms. The number of rotatable bonds is 6. The molecule has 0 saturated heterocycles. The lowest BCUT2D eigenvalue weighted by Crippen LogP contribution is -2.20. The lowest BCUT2D eigenvalue weighted by Gasteiger charge is -2.16. The van der Waals surface area contributed by atoms with Crippen LogP contribution in [-0.2, 0) is 6.54 Å². The molecule has 0 fully saturated rings. The number of nitrogens with one attached hydrogen (secondary N) is 2. The van der Waals surface area contributed by atoms with Crippen LogP contribution in [0, 0.1) is 0 Å². The minimum absolute atomic E-state index is 0.515. The number of para-hydroxylation sites is 2. The van der Waals surface area contributed by atoms with Gasteiger partial charge in [-0.15, -0.1) is 0 Å². The summed E-state index contributed by atoms with van der Waals surface area (Å²) < 4.78 is 1.99. The lowest BCUT2D eigenvalue weighted by molar-refractivity contribution is 0.900. The average molecular weight is 405 g/mol. The van der Waals surface area contributed by atoms with Crippen LogP contribution in [0.15, 0.2) is 47.4 Å². The summed E-state index contributed by atoms with van der Waals surface area (Å²) in [5, 5.41) is 7.52. The van der Waals surface area contributed by atoms with Gasteiger partial charge in [-0.25, -0.2) is 9.97 Å². The third kappa shape index (κ3) is 3.19. The number of aromatic nitrogens is 6. The van der Waals surface area contributed by atoms with Crippen molar-refractivity contribution >= 4 is 45.3 Å². The summed E-state index contributed by atoms with van der Waals surface area (Å²) in [5.74, 6) is 2.20. The average Bonchev–Trinajstić information content (AvgIpc) is 3.49. The second-order valence-corrected chi connectivity index (χ2v) is 7.49. The Kier molecular flexibility index (Phi) is 4.36. The predicted molar refractivity (Wildman–Crippen MR) is 117 cm³/mol. The van der Waals surface area contributed by atoms with Gasteiger partial charge in [0.15, 0.2) is 17.0 Å². The van der Waals surface area contributed by atoms with Gasteiger partial charge in [-0.1, -0.05) is 12.1 Å². The molecule has 1 aromatic carbocycles. The molecule has 4 heterocycles. The molecule has 2 N–H and O–H groups in total. The Labute approximate surface area is 171 Å². The van der Waals surface area contributed by atoms with Crippen molar-refractivity contribution in [3.8, 4) is 5.69 Å². The van der Waals surface area contributed by atoms with E-state index in [1.54, 1.807) is 17.7 Å². The highest BCUT2D eigenvalue weighted by molar-refractivity contribution is 7.08. The topological polar surface area (TPSA) is 87.5 Å². The van der Waals surface area contributed by atoms with Gasteiger partial charge in [0.2, 0.25) is 5.95 Å². The molecule has 5 rings (SSSR count). The van der Waals surface area contributed by atoms with E-state index in [1.165, 1.54) is 0 Å². The SMILES string of the molecule is CCN(C)c1nc(NCc2nc3ccccc3[nH]2)c2ncn(-c3ccsc3)c2n1. The number of benzene rings is 1. The van der Waals surface area contributed by atoms with Crippen molar-refractivity contribution < 1.29 is 0 Å². The molecule has 0 saturated carbocycles. The maximum Gasteiger partial charge on any atom is 0.229 e. The molecule has 0 atom stereocenters. The Morgan fingerprint density at radius 2 is 2.07 bits per heavy atom. The number of hydrogen-bond acceptors (Lipinski definition) is 7. The van der Waals surface area contributed by atoms with Gasteiger partial charge < -0.3 is 15.2 Å². The van der Waals surface area contributed by atoms with E-state index in [9.17, 15) is 0 Å². The Balaban J connectivity index is 1.54. The number of thiophene rings is 1. The Morgan fingerprint density at radius 3 is 2.86 bits per heavy atom. The maximum absolute atomic E-state index is 4.77. The summed E-state index contributed by atoms with van der Waals surface area (Å²) in [6.45, 7) is 3.40. The van der Waals surface area contributed by atoms with Gasteiger partial charge in [0, 0.05) is 19.0 Å². The number of fused-ring (bicyclic) bond motifs is 2. The van der Waals surface area contributed by atoms with E-state index in [-0.39, 0.29) is 0 Å². The number of nitrogens with zero attached hydrogens (tertiary/aromatic N) is 6. The summed E-state index contributed by atoms with van der Waals surface area (Å²) in [7, 11) is 1.98. The normalized spacial score (nSPS) is 11.4. The highest BCUT2D eigenvalue weighted by Gasteiger charge is 2.16. The van der Waals surface area contributed by atoms with E-state index in [0.29, 0.717) is 18.3 Å². The first-order valence-electron chi connectivity index (χ1n) is 9.39. The molecule has 5 aromatic rings. The second kappa shape index (κ2) is 7.17. The monoisotopic (exact) mass is 404 g/mol. The fourth-order valence-corrected chi connectivity index (χ4v) is 3.79. The molecule has 0 aliphatic carbocycles. The van der Waals surface area contributed by atoms with Gasteiger partial charge in [-0.05, 0) is 30.5 Å². The number of H-pyrrole nitrogens is 1. The van der Waals surface area contributed by atoms with Crippen molar-refractivity contribution in [2.24, 2.45) is 0 Å². The number of aromatic amines is 1. The summed E-state index contributed by atoms with van der Waals surface area (Å²) in [5.41, 5.74) is 4.53. The van der Waals surface area contributed by atoms with Crippen LogP contribution in [0.1, 0.15) is 12.7 Å². The van der Waals surface area contributed by atoms with Crippen molar-refractivity contribution in [2.45, 2.75) is 13.5 Å². The van der Waals surface area contributed by atoms with Crippen molar-refractivity contribution in [1.29, 1.82) is 0 Å². The first-order chi connectivity index (χ1) is 14.2.